The summed E-state index contributed by atoms with van der Waals surface area (Å²) < 4.78 is 0. The number of aromatic nitrogens is 2. The van der Waals surface area contributed by atoms with E-state index < -0.39 is 0 Å². The van der Waals surface area contributed by atoms with E-state index in [1.54, 1.807) is 12.4 Å². The van der Waals surface area contributed by atoms with Crippen molar-refractivity contribution in [3.63, 3.8) is 0 Å². The molecule has 0 radical (unpaired) electrons. The van der Waals surface area contributed by atoms with Crippen molar-refractivity contribution in [2.24, 2.45) is 5.84 Å². The highest BCUT2D eigenvalue weighted by atomic mass is 32.1. The van der Waals surface area contributed by atoms with Gasteiger partial charge in [0.25, 0.3) is 5.91 Å². The Morgan fingerprint density at radius 3 is 2.78 bits per heavy atom. The number of aryl methyl sites for hydroxylation is 1. The van der Waals surface area contributed by atoms with E-state index in [1.165, 1.54) is 11.3 Å². The van der Waals surface area contributed by atoms with Gasteiger partial charge in [-0.2, -0.15) is 0 Å². The van der Waals surface area contributed by atoms with Gasteiger partial charge >= 0.3 is 0 Å². The van der Waals surface area contributed by atoms with E-state index >= 15 is 0 Å². The van der Waals surface area contributed by atoms with Crippen molar-refractivity contribution in [2.45, 2.75) is 19.8 Å². The Labute approximate surface area is 109 Å². The van der Waals surface area contributed by atoms with E-state index in [4.69, 9.17) is 5.84 Å². The number of amides is 1. The molecule has 18 heavy (non-hydrogen) atoms. The van der Waals surface area contributed by atoms with Crippen molar-refractivity contribution in [2.75, 3.05) is 0 Å². The van der Waals surface area contributed by atoms with Crippen molar-refractivity contribution in [3.8, 4) is 10.6 Å². The maximum atomic E-state index is 11.7. The number of nitrogens with zero attached hydrogens (tertiary/aromatic N) is 2. The van der Waals surface area contributed by atoms with Crippen LogP contribution in [0.4, 0.5) is 0 Å². The topological polar surface area (TPSA) is 80.9 Å². The Morgan fingerprint density at radius 2 is 2.17 bits per heavy atom. The standard InChI is InChI=1S/C12H14N4OS/c1-2-3-9-10(11(17)16-13)18-12(15-9)8-4-6-14-7-5-8/h4-7H,2-3,13H2,1H3,(H,16,17). The van der Waals surface area contributed by atoms with Crippen LogP contribution in [-0.2, 0) is 6.42 Å². The minimum Gasteiger partial charge on any atom is -0.289 e. The van der Waals surface area contributed by atoms with E-state index in [0.29, 0.717) is 4.88 Å². The molecule has 0 saturated heterocycles. The molecule has 0 aliphatic rings. The van der Waals surface area contributed by atoms with Gasteiger partial charge in [0.1, 0.15) is 9.88 Å². The molecule has 3 N–H and O–H groups in total. The molecule has 0 atom stereocenters. The molecular weight excluding hydrogens is 248 g/mol. The molecule has 6 heteroatoms. The summed E-state index contributed by atoms with van der Waals surface area (Å²) in [4.78, 5) is 20.7. The van der Waals surface area contributed by atoms with Crippen molar-refractivity contribution in [3.05, 3.63) is 35.1 Å². The average molecular weight is 262 g/mol. The van der Waals surface area contributed by atoms with Gasteiger partial charge in [0.05, 0.1) is 5.69 Å². The quantitative estimate of drug-likeness (QED) is 0.500. The maximum absolute atomic E-state index is 11.7. The molecular formula is C12H14N4OS. The van der Waals surface area contributed by atoms with Crippen molar-refractivity contribution < 1.29 is 4.79 Å². The van der Waals surface area contributed by atoms with Crippen LogP contribution in [0.1, 0.15) is 28.7 Å². The smallest absolute Gasteiger partial charge is 0.277 e. The predicted octanol–water partition coefficient (Wildman–Crippen LogP) is 1.76. The van der Waals surface area contributed by atoms with Crippen LogP contribution in [0, 0.1) is 0 Å². The Kier molecular flexibility index (Phi) is 4.01. The number of pyridine rings is 1. The van der Waals surface area contributed by atoms with Crippen LogP contribution >= 0.6 is 11.3 Å². The third kappa shape index (κ3) is 2.55. The molecule has 0 bridgehead atoms. The van der Waals surface area contributed by atoms with Crippen LogP contribution < -0.4 is 11.3 Å². The van der Waals surface area contributed by atoms with Crippen molar-refractivity contribution >= 4 is 17.2 Å². The summed E-state index contributed by atoms with van der Waals surface area (Å²) in [7, 11) is 0. The number of nitrogens with two attached hydrogens (primary N) is 1. The van der Waals surface area contributed by atoms with Gasteiger partial charge in [0.2, 0.25) is 0 Å². The van der Waals surface area contributed by atoms with Gasteiger partial charge < -0.3 is 0 Å². The monoisotopic (exact) mass is 262 g/mol. The molecule has 0 spiro atoms. The highest BCUT2D eigenvalue weighted by Gasteiger charge is 2.17. The second kappa shape index (κ2) is 5.70. The second-order valence-corrected chi connectivity index (χ2v) is 4.75. The van der Waals surface area contributed by atoms with E-state index in [0.717, 1.165) is 29.1 Å². The van der Waals surface area contributed by atoms with Gasteiger partial charge in [0.15, 0.2) is 0 Å². The summed E-state index contributed by atoms with van der Waals surface area (Å²) in [5, 5.41) is 0.819. The van der Waals surface area contributed by atoms with Crippen molar-refractivity contribution in [1.82, 2.24) is 15.4 Å². The first-order valence-corrected chi connectivity index (χ1v) is 6.49. The third-order valence-corrected chi connectivity index (χ3v) is 3.59. The zero-order valence-electron chi connectivity index (χ0n) is 10.0. The zero-order chi connectivity index (χ0) is 13.0. The molecule has 0 saturated carbocycles. The largest absolute Gasteiger partial charge is 0.289 e. The number of nitrogen functional groups attached to an aromatic ring is 1. The lowest BCUT2D eigenvalue weighted by Gasteiger charge is -1.97. The molecule has 5 nitrogen and oxygen atoms in total. The lowest BCUT2D eigenvalue weighted by Crippen LogP contribution is -2.30. The van der Waals surface area contributed by atoms with Gasteiger partial charge in [-0.3, -0.25) is 15.2 Å². The molecule has 0 aliphatic carbocycles. The fourth-order valence-electron chi connectivity index (χ4n) is 1.62. The van der Waals surface area contributed by atoms with Crippen LogP contribution in [0.2, 0.25) is 0 Å². The summed E-state index contributed by atoms with van der Waals surface area (Å²) in [5.41, 5.74) is 3.93. The van der Waals surface area contributed by atoms with Crippen LogP contribution in [0.25, 0.3) is 10.6 Å². The summed E-state index contributed by atoms with van der Waals surface area (Å²) in [6, 6.07) is 3.75. The Balaban J connectivity index is 2.42. The molecule has 0 fully saturated rings. The summed E-state index contributed by atoms with van der Waals surface area (Å²) in [6.45, 7) is 2.05. The van der Waals surface area contributed by atoms with Gasteiger partial charge in [-0.25, -0.2) is 10.8 Å². The summed E-state index contributed by atoms with van der Waals surface area (Å²) in [6.07, 6.45) is 5.12. The highest BCUT2D eigenvalue weighted by molar-refractivity contribution is 7.17. The molecule has 2 heterocycles. The number of nitrogens with one attached hydrogen (secondary N) is 1. The summed E-state index contributed by atoms with van der Waals surface area (Å²) in [5.74, 6) is 4.91. The fourth-order valence-corrected chi connectivity index (χ4v) is 2.64. The van der Waals surface area contributed by atoms with Gasteiger partial charge in [-0.05, 0) is 18.6 Å². The third-order valence-electron chi connectivity index (χ3n) is 2.45. The van der Waals surface area contributed by atoms with Crippen LogP contribution in [0.15, 0.2) is 24.5 Å². The molecule has 2 aromatic heterocycles. The number of hydrogen-bond donors (Lipinski definition) is 2. The first kappa shape index (κ1) is 12.7. The van der Waals surface area contributed by atoms with Gasteiger partial charge in [0, 0.05) is 18.0 Å². The van der Waals surface area contributed by atoms with Crippen molar-refractivity contribution in [1.29, 1.82) is 0 Å². The average Bonchev–Trinajstić information content (AvgIpc) is 2.83. The fraction of sp³-hybridized carbons (Fsp3) is 0.250. The predicted molar refractivity (Wildman–Crippen MR) is 71.0 cm³/mol. The zero-order valence-corrected chi connectivity index (χ0v) is 10.8. The van der Waals surface area contributed by atoms with Crippen LogP contribution in [-0.4, -0.2) is 15.9 Å². The van der Waals surface area contributed by atoms with E-state index in [-0.39, 0.29) is 5.91 Å². The SMILES string of the molecule is CCCc1nc(-c2ccncc2)sc1C(=O)NN. The van der Waals surface area contributed by atoms with E-state index in [2.05, 4.69) is 22.3 Å². The molecule has 1 amide bonds. The number of thiazole rings is 1. The normalized spacial score (nSPS) is 10.3. The number of rotatable bonds is 4. The molecule has 0 aromatic carbocycles. The first-order valence-electron chi connectivity index (χ1n) is 5.67. The minimum absolute atomic E-state index is 0.281. The van der Waals surface area contributed by atoms with Crippen LogP contribution in [0.3, 0.4) is 0 Å². The molecule has 0 aliphatic heterocycles. The lowest BCUT2D eigenvalue weighted by atomic mass is 10.2. The first-order chi connectivity index (χ1) is 8.76. The highest BCUT2D eigenvalue weighted by Crippen LogP contribution is 2.28. The Morgan fingerprint density at radius 1 is 1.44 bits per heavy atom. The summed E-state index contributed by atoms with van der Waals surface area (Å²) >= 11 is 1.35. The Bertz CT molecular complexity index is 538. The van der Waals surface area contributed by atoms with Gasteiger partial charge in [-0.15, -0.1) is 11.3 Å². The number of carbonyl (C=O) groups is 1. The minimum atomic E-state index is -0.281. The van der Waals surface area contributed by atoms with Crippen LogP contribution in [0.5, 0.6) is 0 Å². The molecule has 94 valence electrons. The van der Waals surface area contributed by atoms with E-state index in [9.17, 15) is 4.79 Å². The molecule has 2 rings (SSSR count). The molecule has 0 unspecified atom stereocenters. The van der Waals surface area contributed by atoms with Gasteiger partial charge in [-0.1, -0.05) is 13.3 Å². The van der Waals surface area contributed by atoms with E-state index in [1.807, 2.05) is 12.1 Å². The lowest BCUT2D eigenvalue weighted by molar-refractivity contribution is 0.0956. The number of hydrazine groups is 1. The Hall–Kier alpha value is -1.79. The molecule has 2 aromatic rings. The number of carbonyl (C=O) groups excluding carboxylic acids is 1. The number of hydrogen-bond acceptors (Lipinski definition) is 5. The second-order valence-electron chi connectivity index (χ2n) is 3.75. The maximum Gasteiger partial charge on any atom is 0.277 e.